The molecule has 2 N–H and O–H groups in total. The van der Waals surface area contributed by atoms with Crippen LogP contribution in [0.4, 0.5) is 4.39 Å². The lowest BCUT2D eigenvalue weighted by Crippen LogP contribution is -2.64. The molecule has 3 fully saturated rings. The van der Waals surface area contributed by atoms with Gasteiger partial charge in [0.05, 0.1) is 43.9 Å². The number of carboxylic acids is 1. The van der Waals surface area contributed by atoms with Gasteiger partial charge in [0.1, 0.15) is 18.2 Å². The number of hydrogen-bond donors (Lipinski definition) is 2. The summed E-state index contributed by atoms with van der Waals surface area (Å²) in [6, 6.07) is 4.78. The first-order valence-corrected chi connectivity index (χ1v) is 11.7. The van der Waals surface area contributed by atoms with Crippen LogP contribution in [0.5, 0.6) is 5.75 Å². The number of amides is 1. The minimum atomic E-state index is -0.945. The number of aliphatic carboxylic acids is 1. The minimum absolute atomic E-state index is 0. The first kappa shape index (κ1) is 26.4. The van der Waals surface area contributed by atoms with E-state index in [4.69, 9.17) is 19.3 Å². The molecule has 2 aliphatic heterocycles. The number of nitrogens with zero attached hydrogens (tertiary/aromatic N) is 1. The summed E-state index contributed by atoms with van der Waals surface area (Å²) in [7, 11) is 2.05. The number of hydrogen-bond acceptors (Lipinski definition) is 6. The molecule has 1 aliphatic carbocycles. The van der Waals surface area contributed by atoms with Gasteiger partial charge in [-0.2, -0.15) is 0 Å². The molecule has 4 rings (SSSR count). The second-order valence-electron chi connectivity index (χ2n) is 9.39. The normalized spacial score (nSPS) is 29.5. The van der Waals surface area contributed by atoms with E-state index in [1.54, 1.807) is 12.1 Å². The van der Waals surface area contributed by atoms with E-state index in [1.807, 2.05) is 7.05 Å². The second-order valence-corrected chi connectivity index (χ2v) is 9.39. The number of likely N-dealkylation sites (N-methyl/N-ethyl adjacent to an activating group) is 1. The average Bonchev–Trinajstić information content (AvgIpc) is 3.07. The van der Waals surface area contributed by atoms with E-state index in [2.05, 4.69) is 10.2 Å². The predicted molar refractivity (Wildman–Crippen MR) is 125 cm³/mol. The molecule has 8 nitrogen and oxygen atoms in total. The lowest BCUT2D eigenvalue weighted by atomic mass is 9.82. The Labute approximate surface area is 200 Å². The lowest BCUT2D eigenvalue weighted by molar-refractivity contribution is -0.138. The van der Waals surface area contributed by atoms with Crippen molar-refractivity contribution in [1.82, 2.24) is 10.2 Å². The summed E-state index contributed by atoms with van der Waals surface area (Å²) < 4.78 is 32.1. The van der Waals surface area contributed by atoms with E-state index in [-0.39, 0.29) is 56.8 Å². The zero-order valence-electron chi connectivity index (χ0n) is 19.1. The molecule has 1 aromatic rings. The van der Waals surface area contributed by atoms with Gasteiger partial charge < -0.3 is 24.6 Å². The van der Waals surface area contributed by atoms with E-state index in [0.717, 1.165) is 38.6 Å². The second kappa shape index (κ2) is 11.5. The van der Waals surface area contributed by atoms with Crippen LogP contribution >= 0.6 is 0 Å². The van der Waals surface area contributed by atoms with Crippen LogP contribution in [0.25, 0.3) is 0 Å². The Morgan fingerprint density at radius 1 is 1.32 bits per heavy atom. The van der Waals surface area contributed by atoms with E-state index in [9.17, 15) is 14.0 Å². The summed E-state index contributed by atoms with van der Waals surface area (Å²) >= 11 is 0. The van der Waals surface area contributed by atoms with Crippen molar-refractivity contribution in [3.63, 3.8) is 0 Å². The van der Waals surface area contributed by atoms with Crippen LogP contribution in [0.15, 0.2) is 18.2 Å². The molecule has 0 radical (unpaired) electrons. The molecule has 1 amide bonds. The third kappa shape index (κ3) is 5.87. The molecule has 0 bridgehead atoms. The van der Waals surface area contributed by atoms with Crippen LogP contribution in [-0.2, 0) is 19.1 Å². The standard InChI is InChI=1S/C24H33FN2O6.CH4/c1-27-11-10-24(15-31-14-21(28)26-24)20(27)13-33-17-7-5-16(6-8-17)23-18(25)3-2-4-19(23)32-12-9-22(29)30;/h2-4,16-17,20H,5-15H2,1H3,(H,26,28)(H,29,30);1H4. The highest BCUT2D eigenvalue weighted by molar-refractivity contribution is 5.79. The maximum atomic E-state index is 14.7. The molecule has 3 aliphatic rings. The molecule has 34 heavy (non-hydrogen) atoms. The molecule has 1 spiro atoms. The van der Waals surface area contributed by atoms with Gasteiger partial charge >= 0.3 is 5.97 Å². The number of likely N-dealkylation sites (tertiary alicyclic amines) is 1. The van der Waals surface area contributed by atoms with Gasteiger partial charge in [-0.25, -0.2) is 4.39 Å². The third-order valence-corrected chi connectivity index (χ3v) is 7.22. The van der Waals surface area contributed by atoms with Crippen molar-refractivity contribution < 1.29 is 33.3 Å². The summed E-state index contributed by atoms with van der Waals surface area (Å²) in [6.07, 6.45) is 3.95. The first-order chi connectivity index (χ1) is 15.9. The van der Waals surface area contributed by atoms with Gasteiger partial charge in [-0.3, -0.25) is 14.5 Å². The summed E-state index contributed by atoms with van der Waals surface area (Å²) in [6.45, 7) is 2.02. The summed E-state index contributed by atoms with van der Waals surface area (Å²) in [5.74, 6) is -0.886. The number of benzene rings is 1. The van der Waals surface area contributed by atoms with Crippen LogP contribution in [0, 0.1) is 5.82 Å². The Morgan fingerprint density at radius 3 is 2.79 bits per heavy atom. The smallest absolute Gasteiger partial charge is 0.306 e. The van der Waals surface area contributed by atoms with E-state index in [1.165, 1.54) is 6.07 Å². The van der Waals surface area contributed by atoms with Crippen LogP contribution in [-0.4, -0.2) is 79.6 Å². The quantitative estimate of drug-likeness (QED) is 0.590. The number of carboxylic acid groups (broad SMARTS) is 1. The molecular weight excluding hydrogens is 443 g/mol. The summed E-state index contributed by atoms with van der Waals surface area (Å²) in [5, 5.41) is 12.0. The molecule has 190 valence electrons. The van der Waals surface area contributed by atoms with Gasteiger partial charge in [0, 0.05) is 12.1 Å². The van der Waals surface area contributed by atoms with Crippen molar-refractivity contribution >= 4 is 11.9 Å². The minimum Gasteiger partial charge on any atom is -0.493 e. The Kier molecular flexibility index (Phi) is 8.89. The third-order valence-electron chi connectivity index (χ3n) is 7.22. The SMILES string of the molecule is C.CN1CCC2(COCC(=O)N2)C1COC1CCC(c2c(F)cccc2OCCC(=O)O)CC1. The monoisotopic (exact) mass is 480 g/mol. The molecular formula is C25H37FN2O6. The zero-order valence-corrected chi connectivity index (χ0v) is 19.1. The molecule has 9 heteroatoms. The Morgan fingerprint density at radius 2 is 2.09 bits per heavy atom. The van der Waals surface area contributed by atoms with E-state index >= 15 is 0 Å². The van der Waals surface area contributed by atoms with Crippen LogP contribution < -0.4 is 10.1 Å². The Hall–Kier alpha value is -2.23. The van der Waals surface area contributed by atoms with Gasteiger partial charge in [0.15, 0.2) is 0 Å². The topological polar surface area (TPSA) is 97.3 Å². The number of morpholine rings is 1. The summed E-state index contributed by atoms with van der Waals surface area (Å²) in [5.41, 5.74) is 0.147. The molecule has 2 atom stereocenters. The fraction of sp³-hybridized carbons (Fsp3) is 0.680. The number of carbonyl (C=O) groups is 2. The fourth-order valence-corrected chi connectivity index (χ4v) is 5.43. The van der Waals surface area contributed by atoms with Gasteiger partial charge in [-0.05, 0) is 57.2 Å². The van der Waals surface area contributed by atoms with E-state index in [0.29, 0.717) is 24.5 Å². The molecule has 2 heterocycles. The van der Waals surface area contributed by atoms with Gasteiger partial charge in [0.25, 0.3) is 0 Å². The highest BCUT2D eigenvalue weighted by atomic mass is 19.1. The highest BCUT2D eigenvalue weighted by Gasteiger charge is 2.49. The van der Waals surface area contributed by atoms with E-state index < -0.39 is 11.5 Å². The van der Waals surface area contributed by atoms with Crippen molar-refractivity contribution in [3.05, 3.63) is 29.6 Å². The number of carbonyl (C=O) groups excluding carboxylic acids is 1. The molecule has 1 saturated carbocycles. The molecule has 1 aromatic carbocycles. The maximum Gasteiger partial charge on any atom is 0.306 e. The molecule has 2 unspecified atom stereocenters. The fourth-order valence-electron chi connectivity index (χ4n) is 5.43. The largest absolute Gasteiger partial charge is 0.493 e. The van der Waals surface area contributed by atoms with Crippen molar-refractivity contribution in [2.24, 2.45) is 0 Å². The molecule has 2 saturated heterocycles. The van der Waals surface area contributed by atoms with Crippen LogP contribution in [0.2, 0.25) is 0 Å². The number of halogens is 1. The van der Waals surface area contributed by atoms with Crippen molar-refractivity contribution in [3.8, 4) is 5.75 Å². The van der Waals surface area contributed by atoms with Crippen LogP contribution in [0.3, 0.4) is 0 Å². The maximum absolute atomic E-state index is 14.7. The zero-order chi connectivity index (χ0) is 23.4. The number of nitrogens with one attached hydrogen (secondary N) is 1. The summed E-state index contributed by atoms with van der Waals surface area (Å²) in [4.78, 5) is 24.9. The highest BCUT2D eigenvalue weighted by Crippen LogP contribution is 2.40. The molecule has 0 aromatic heterocycles. The van der Waals surface area contributed by atoms with Crippen LogP contribution in [0.1, 0.15) is 57.4 Å². The van der Waals surface area contributed by atoms with Gasteiger partial charge in [-0.1, -0.05) is 13.5 Å². The Balaban J connectivity index is 0.00000324. The van der Waals surface area contributed by atoms with Gasteiger partial charge in [-0.15, -0.1) is 0 Å². The van der Waals surface area contributed by atoms with Crippen molar-refractivity contribution in [1.29, 1.82) is 0 Å². The lowest BCUT2D eigenvalue weighted by Gasteiger charge is -2.41. The van der Waals surface area contributed by atoms with Gasteiger partial charge in [0.2, 0.25) is 5.91 Å². The average molecular weight is 481 g/mol. The first-order valence-electron chi connectivity index (χ1n) is 11.7. The predicted octanol–water partition coefficient (Wildman–Crippen LogP) is 2.95. The van der Waals surface area contributed by atoms with Crippen molar-refractivity contribution in [2.45, 2.75) is 69.6 Å². The number of ether oxygens (including phenoxy) is 3. The van der Waals surface area contributed by atoms with Crippen molar-refractivity contribution in [2.75, 3.05) is 40.0 Å². The Bertz CT molecular complexity index is 856. The number of rotatable bonds is 8.